The molecule has 0 heterocycles. The first kappa shape index (κ1) is 10.7. The number of carboxylic acid groups (broad SMARTS) is 1. The van der Waals surface area contributed by atoms with E-state index in [9.17, 15) is 4.79 Å². The highest BCUT2D eigenvalue weighted by molar-refractivity contribution is 8.02. The molecule has 0 fully saturated rings. The fourth-order valence-corrected chi connectivity index (χ4v) is 1.70. The number of carbonyl (C=O) groups is 1. The summed E-state index contributed by atoms with van der Waals surface area (Å²) in [6, 6.07) is 5.67. The zero-order valence-electron chi connectivity index (χ0n) is 7.73. The zero-order chi connectivity index (χ0) is 10.6. The van der Waals surface area contributed by atoms with Crippen LogP contribution in [-0.2, 0) is 4.79 Å². The molecule has 0 aliphatic heterocycles. The van der Waals surface area contributed by atoms with E-state index in [0.29, 0.717) is 5.69 Å². The molecular formula is C10H11NO2S. The Morgan fingerprint density at radius 3 is 2.93 bits per heavy atom. The largest absolute Gasteiger partial charge is 0.478 e. The van der Waals surface area contributed by atoms with Gasteiger partial charge in [0.05, 0.1) is 0 Å². The maximum Gasteiger partial charge on any atom is 0.328 e. The van der Waals surface area contributed by atoms with Gasteiger partial charge in [-0.3, -0.25) is 0 Å². The van der Waals surface area contributed by atoms with E-state index in [1.54, 1.807) is 0 Å². The van der Waals surface area contributed by atoms with Gasteiger partial charge in [-0.1, -0.05) is 23.9 Å². The lowest BCUT2D eigenvalue weighted by Crippen LogP contribution is -1.91. The van der Waals surface area contributed by atoms with Gasteiger partial charge in [0.1, 0.15) is 0 Å². The van der Waals surface area contributed by atoms with Crippen LogP contribution in [0.1, 0.15) is 5.56 Å². The number of carboxylic acids is 1. The second kappa shape index (κ2) is 4.72. The molecule has 0 aliphatic rings. The summed E-state index contributed by atoms with van der Waals surface area (Å²) in [6.45, 7) is 1.92. The lowest BCUT2D eigenvalue weighted by molar-refractivity contribution is -0.131. The van der Waals surface area contributed by atoms with E-state index in [1.165, 1.54) is 17.2 Å². The van der Waals surface area contributed by atoms with Gasteiger partial charge in [0.2, 0.25) is 0 Å². The van der Waals surface area contributed by atoms with Crippen LogP contribution >= 0.6 is 11.8 Å². The van der Waals surface area contributed by atoms with Gasteiger partial charge in [0.15, 0.2) is 0 Å². The SMILES string of the molecule is Cc1cccc(SC=CC(=O)O)c1N. The summed E-state index contributed by atoms with van der Waals surface area (Å²) in [6.07, 6.45) is 1.09. The second-order valence-corrected chi connectivity index (χ2v) is 3.69. The second-order valence-electron chi connectivity index (χ2n) is 2.75. The minimum Gasteiger partial charge on any atom is -0.478 e. The van der Waals surface area contributed by atoms with Crippen molar-refractivity contribution in [3.63, 3.8) is 0 Å². The molecule has 0 saturated carbocycles. The summed E-state index contributed by atoms with van der Waals surface area (Å²) in [5.41, 5.74) is 7.50. The molecule has 1 aromatic carbocycles. The molecule has 0 atom stereocenters. The molecule has 1 rings (SSSR count). The van der Waals surface area contributed by atoms with Crippen molar-refractivity contribution < 1.29 is 9.90 Å². The summed E-state index contributed by atoms with van der Waals surface area (Å²) < 4.78 is 0. The summed E-state index contributed by atoms with van der Waals surface area (Å²) in [5, 5.41) is 9.89. The van der Waals surface area contributed by atoms with Gasteiger partial charge in [-0.05, 0) is 24.0 Å². The summed E-state index contributed by atoms with van der Waals surface area (Å²) in [7, 11) is 0. The van der Waals surface area contributed by atoms with Crippen molar-refractivity contribution >= 4 is 23.4 Å². The van der Waals surface area contributed by atoms with Crippen LogP contribution in [0, 0.1) is 6.92 Å². The number of anilines is 1. The number of rotatable bonds is 3. The minimum absolute atomic E-state index is 0.701. The van der Waals surface area contributed by atoms with Gasteiger partial charge in [0.25, 0.3) is 0 Å². The number of benzene rings is 1. The van der Waals surface area contributed by atoms with Gasteiger partial charge in [-0.25, -0.2) is 4.79 Å². The predicted octanol–water partition coefficient (Wildman–Crippen LogP) is 2.27. The molecule has 4 heteroatoms. The van der Waals surface area contributed by atoms with Crippen molar-refractivity contribution in [1.29, 1.82) is 0 Å². The molecule has 0 spiro atoms. The average molecular weight is 209 g/mol. The number of thioether (sulfide) groups is 1. The summed E-state index contributed by atoms with van der Waals surface area (Å²) >= 11 is 1.30. The Labute approximate surface area is 86.6 Å². The van der Waals surface area contributed by atoms with Gasteiger partial charge in [-0.15, -0.1) is 0 Å². The van der Waals surface area contributed by atoms with Crippen molar-refractivity contribution in [2.24, 2.45) is 0 Å². The fourth-order valence-electron chi connectivity index (χ4n) is 0.922. The van der Waals surface area contributed by atoms with Crippen molar-refractivity contribution in [2.45, 2.75) is 11.8 Å². The first-order valence-corrected chi connectivity index (χ1v) is 4.90. The molecule has 0 aromatic heterocycles. The third-order valence-electron chi connectivity index (χ3n) is 1.69. The molecule has 0 bridgehead atoms. The van der Waals surface area contributed by atoms with Crippen molar-refractivity contribution in [1.82, 2.24) is 0 Å². The van der Waals surface area contributed by atoms with E-state index in [4.69, 9.17) is 10.8 Å². The van der Waals surface area contributed by atoms with Crippen LogP contribution in [-0.4, -0.2) is 11.1 Å². The molecule has 14 heavy (non-hydrogen) atoms. The normalized spacial score (nSPS) is 10.6. The Morgan fingerprint density at radius 1 is 1.57 bits per heavy atom. The molecular weight excluding hydrogens is 198 g/mol. The first-order valence-electron chi connectivity index (χ1n) is 4.02. The number of nitrogen functional groups attached to an aromatic ring is 1. The minimum atomic E-state index is -0.955. The van der Waals surface area contributed by atoms with Crippen molar-refractivity contribution in [3.8, 4) is 0 Å². The maximum atomic E-state index is 10.2. The molecule has 1 aromatic rings. The Balaban J connectivity index is 2.77. The monoisotopic (exact) mass is 209 g/mol. The van der Waals surface area contributed by atoms with Crippen LogP contribution in [0.25, 0.3) is 0 Å². The lowest BCUT2D eigenvalue weighted by atomic mass is 10.2. The molecule has 0 unspecified atom stereocenters. The maximum absolute atomic E-state index is 10.2. The highest BCUT2D eigenvalue weighted by Crippen LogP contribution is 2.27. The number of aryl methyl sites for hydroxylation is 1. The number of para-hydroxylation sites is 1. The van der Waals surface area contributed by atoms with Gasteiger partial charge >= 0.3 is 5.97 Å². The van der Waals surface area contributed by atoms with Gasteiger partial charge in [0, 0.05) is 16.7 Å². The smallest absolute Gasteiger partial charge is 0.328 e. The van der Waals surface area contributed by atoms with E-state index in [2.05, 4.69) is 0 Å². The van der Waals surface area contributed by atoms with Crippen LogP contribution in [0.3, 0.4) is 0 Å². The number of hydrogen-bond donors (Lipinski definition) is 2. The van der Waals surface area contributed by atoms with Crippen molar-refractivity contribution in [3.05, 3.63) is 35.2 Å². The Bertz CT molecular complexity index is 374. The molecule has 0 saturated heterocycles. The highest BCUT2D eigenvalue weighted by Gasteiger charge is 1.99. The molecule has 0 amide bonds. The van der Waals surface area contributed by atoms with E-state index in [-0.39, 0.29) is 0 Å². The standard InChI is InChI=1S/C10H11NO2S/c1-7-3-2-4-8(10(7)11)14-6-5-9(12)13/h2-6H,11H2,1H3,(H,12,13). The fraction of sp³-hybridized carbons (Fsp3) is 0.100. The Morgan fingerprint density at radius 2 is 2.29 bits per heavy atom. The summed E-state index contributed by atoms with van der Waals surface area (Å²) in [5.74, 6) is -0.955. The number of nitrogens with two attached hydrogens (primary N) is 1. The first-order chi connectivity index (χ1) is 6.61. The quantitative estimate of drug-likeness (QED) is 0.455. The van der Waals surface area contributed by atoms with E-state index < -0.39 is 5.97 Å². The Hall–Kier alpha value is -1.42. The van der Waals surface area contributed by atoms with Gasteiger partial charge < -0.3 is 10.8 Å². The van der Waals surface area contributed by atoms with Crippen LogP contribution in [0.15, 0.2) is 34.6 Å². The highest BCUT2D eigenvalue weighted by atomic mass is 32.2. The third-order valence-corrected chi connectivity index (χ3v) is 2.57. The van der Waals surface area contributed by atoms with Crippen molar-refractivity contribution in [2.75, 3.05) is 5.73 Å². The predicted molar refractivity (Wildman–Crippen MR) is 58.2 cm³/mol. The van der Waals surface area contributed by atoms with Gasteiger partial charge in [-0.2, -0.15) is 0 Å². The average Bonchev–Trinajstić information content (AvgIpc) is 2.12. The van der Waals surface area contributed by atoms with Crippen LogP contribution in [0.2, 0.25) is 0 Å². The van der Waals surface area contributed by atoms with E-state index >= 15 is 0 Å². The summed E-state index contributed by atoms with van der Waals surface area (Å²) in [4.78, 5) is 11.1. The molecule has 0 radical (unpaired) electrons. The molecule has 3 nitrogen and oxygen atoms in total. The van der Waals surface area contributed by atoms with E-state index in [0.717, 1.165) is 16.5 Å². The number of aliphatic carboxylic acids is 1. The topological polar surface area (TPSA) is 63.3 Å². The molecule has 3 N–H and O–H groups in total. The Kier molecular flexibility index (Phi) is 3.59. The van der Waals surface area contributed by atoms with Crippen LogP contribution < -0.4 is 5.73 Å². The third kappa shape index (κ3) is 2.81. The van der Waals surface area contributed by atoms with E-state index in [1.807, 2.05) is 25.1 Å². The number of hydrogen-bond acceptors (Lipinski definition) is 3. The zero-order valence-corrected chi connectivity index (χ0v) is 8.54. The molecule has 0 aliphatic carbocycles. The van der Waals surface area contributed by atoms with Crippen LogP contribution in [0.5, 0.6) is 0 Å². The lowest BCUT2D eigenvalue weighted by Gasteiger charge is -2.04. The molecule has 74 valence electrons. The van der Waals surface area contributed by atoms with Crippen LogP contribution in [0.4, 0.5) is 5.69 Å².